The molecule has 34 heavy (non-hydrogen) atoms. The Kier molecular flexibility index (Phi) is 6.57. The van der Waals surface area contributed by atoms with Crippen molar-refractivity contribution in [1.29, 1.82) is 0 Å². The number of carbonyl (C=O) groups excluding carboxylic acids is 1. The molecule has 14 heteroatoms. The number of nitrogens with two attached hydrogens (primary N) is 1. The van der Waals surface area contributed by atoms with E-state index in [0.29, 0.717) is 19.4 Å². The normalized spacial score (nSPS) is 16.3. The first kappa shape index (κ1) is 23.7. The summed E-state index contributed by atoms with van der Waals surface area (Å²) >= 11 is 5.91. The quantitative estimate of drug-likeness (QED) is 0.496. The van der Waals surface area contributed by atoms with E-state index < -0.39 is 35.2 Å². The average molecular weight is 501 g/mol. The van der Waals surface area contributed by atoms with E-state index in [4.69, 9.17) is 26.8 Å². The second-order valence-electron chi connectivity index (χ2n) is 7.30. The molecule has 9 nitrogen and oxygen atoms in total. The van der Waals surface area contributed by atoms with Gasteiger partial charge in [-0.25, -0.2) is 9.37 Å². The Morgan fingerprint density at radius 2 is 2.12 bits per heavy atom. The highest BCUT2D eigenvalue weighted by Crippen LogP contribution is 2.36. The van der Waals surface area contributed by atoms with Crippen LogP contribution < -0.4 is 15.8 Å². The van der Waals surface area contributed by atoms with Gasteiger partial charge < -0.3 is 20.5 Å². The number of aromatic nitrogens is 4. The standard InChI is InChI=1S/C20H17ClF4N6O3/c21-15-17(26)27-9-28-19(15)34-14-4-3-10(6-13(14)22)30-18(32)12-7-29-31(16(12)20(23,24)25)11-2-1-5-33-8-11/h3-4,6-7,9,11H,1-2,5,8H2,(H,30,32)(H2,26,27,28). The molecule has 1 saturated heterocycles. The number of nitrogen functional groups attached to an aromatic ring is 1. The van der Waals surface area contributed by atoms with Crippen molar-refractivity contribution in [1.82, 2.24) is 19.7 Å². The summed E-state index contributed by atoms with van der Waals surface area (Å²) in [6, 6.07) is 2.61. The molecule has 2 aromatic heterocycles. The van der Waals surface area contributed by atoms with Crippen LogP contribution in [0.5, 0.6) is 11.6 Å². The summed E-state index contributed by atoms with van der Waals surface area (Å²) < 4.78 is 67.2. The molecule has 1 unspecified atom stereocenters. The Balaban J connectivity index is 1.55. The van der Waals surface area contributed by atoms with Crippen LogP contribution in [-0.2, 0) is 10.9 Å². The van der Waals surface area contributed by atoms with Crippen LogP contribution in [0, 0.1) is 5.82 Å². The average Bonchev–Trinajstić information content (AvgIpc) is 3.25. The molecule has 0 saturated carbocycles. The second kappa shape index (κ2) is 9.43. The topological polar surface area (TPSA) is 117 Å². The Morgan fingerprint density at radius 3 is 2.79 bits per heavy atom. The maximum atomic E-state index is 14.5. The fourth-order valence-corrected chi connectivity index (χ4v) is 3.54. The molecule has 1 fully saturated rings. The molecule has 0 spiro atoms. The smallest absolute Gasteiger partial charge is 0.433 e. The van der Waals surface area contributed by atoms with Gasteiger partial charge in [-0.1, -0.05) is 11.6 Å². The molecule has 0 aliphatic carbocycles. The maximum Gasteiger partial charge on any atom is 0.433 e. The molecule has 1 aliphatic heterocycles. The van der Waals surface area contributed by atoms with Gasteiger partial charge in [0.2, 0.25) is 5.88 Å². The zero-order chi connectivity index (χ0) is 24.5. The molecule has 3 heterocycles. The molecular weight excluding hydrogens is 484 g/mol. The van der Waals surface area contributed by atoms with Gasteiger partial charge in [0.1, 0.15) is 17.2 Å². The van der Waals surface area contributed by atoms with Gasteiger partial charge in [-0.15, -0.1) is 0 Å². The zero-order valence-electron chi connectivity index (χ0n) is 17.3. The minimum Gasteiger partial charge on any atom is -0.434 e. The van der Waals surface area contributed by atoms with E-state index in [2.05, 4.69) is 20.4 Å². The maximum absolute atomic E-state index is 14.5. The third-order valence-electron chi connectivity index (χ3n) is 4.97. The van der Waals surface area contributed by atoms with E-state index in [1.54, 1.807) is 0 Å². The van der Waals surface area contributed by atoms with Crippen LogP contribution in [0.3, 0.4) is 0 Å². The molecule has 0 bridgehead atoms. The number of nitrogens with zero attached hydrogens (tertiary/aromatic N) is 4. The van der Waals surface area contributed by atoms with Crippen molar-refractivity contribution in [2.75, 3.05) is 24.3 Å². The van der Waals surface area contributed by atoms with Crippen molar-refractivity contribution >= 4 is 29.0 Å². The minimum absolute atomic E-state index is 0.0560. The number of rotatable bonds is 5. The number of alkyl halides is 3. The molecule has 1 amide bonds. The van der Waals surface area contributed by atoms with Gasteiger partial charge in [0.25, 0.3) is 5.91 Å². The largest absolute Gasteiger partial charge is 0.434 e. The monoisotopic (exact) mass is 500 g/mol. The number of carbonyl (C=O) groups is 1. The first-order chi connectivity index (χ1) is 16.1. The highest BCUT2D eigenvalue weighted by Gasteiger charge is 2.42. The summed E-state index contributed by atoms with van der Waals surface area (Å²) in [6.45, 7) is 0.509. The van der Waals surface area contributed by atoms with Crippen LogP contribution in [-0.4, -0.2) is 38.9 Å². The number of anilines is 2. The molecular formula is C20H17ClF4N6O3. The van der Waals surface area contributed by atoms with E-state index >= 15 is 0 Å². The number of ether oxygens (including phenoxy) is 2. The molecule has 1 aliphatic rings. The Morgan fingerprint density at radius 1 is 1.32 bits per heavy atom. The highest BCUT2D eigenvalue weighted by molar-refractivity contribution is 6.34. The Hall–Kier alpha value is -3.45. The summed E-state index contributed by atoms with van der Waals surface area (Å²) in [5.74, 6) is -2.61. The summed E-state index contributed by atoms with van der Waals surface area (Å²) in [5.41, 5.74) is 3.54. The van der Waals surface area contributed by atoms with Crippen LogP contribution in [0.25, 0.3) is 0 Å². The fourth-order valence-electron chi connectivity index (χ4n) is 3.41. The van der Waals surface area contributed by atoms with Gasteiger partial charge in [0, 0.05) is 18.4 Å². The van der Waals surface area contributed by atoms with E-state index in [1.165, 1.54) is 6.07 Å². The van der Waals surface area contributed by atoms with Crippen LogP contribution >= 0.6 is 11.6 Å². The van der Waals surface area contributed by atoms with Crippen molar-refractivity contribution in [2.24, 2.45) is 0 Å². The molecule has 1 aromatic carbocycles. The molecule has 0 radical (unpaired) electrons. The van der Waals surface area contributed by atoms with Gasteiger partial charge >= 0.3 is 6.18 Å². The molecule has 3 aromatic rings. The van der Waals surface area contributed by atoms with Crippen molar-refractivity contribution in [2.45, 2.75) is 25.1 Å². The summed E-state index contributed by atoms with van der Waals surface area (Å²) in [7, 11) is 0. The van der Waals surface area contributed by atoms with Gasteiger partial charge in [-0.2, -0.15) is 23.3 Å². The van der Waals surface area contributed by atoms with Crippen molar-refractivity contribution in [3.8, 4) is 11.6 Å². The number of halogens is 5. The van der Waals surface area contributed by atoms with Gasteiger partial charge in [-0.05, 0) is 25.0 Å². The third-order valence-corrected chi connectivity index (χ3v) is 5.33. The summed E-state index contributed by atoms with van der Waals surface area (Å²) in [5, 5.41) is 5.91. The van der Waals surface area contributed by atoms with E-state index in [-0.39, 0.29) is 34.8 Å². The molecule has 1 atom stereocenters. The predicted molar refractivity (Wildman–Crippen MR) is 112 cm³/mol. The minimum atomic E-state index is -4.85. The lowest BCUT2D eigenvalue weighted by molar-refractivity contribution is -0.146. The lowest BCUT2D eigenvalue weighted by Crippen LogP contribution is -2.28. The van der Waals surface area contributed by atoms with E-state index in [1.807, 2.05) is 0 Å². The lowest BCUT2D eigenvalue weighted by Gasteiger charge is -2.25. The predicted octanol–water partition coefficient (Wildman–Crippen LogP) is 4.46. The fraction of sp³-hybridized carbons (Fsp3) is 0.300. The number of amides is 1. The van der Waals surface area contributed by atoms with E-state index in [9.17, 15) is 22.4 Å². The first-order valence-corrected chi connectivity index (χ1v) is 10.3. The molecule has 3 N–H and O–H groups in total. The summed E-state index contributed by atoms with van der Waals surface area (Å²) in [4.78, 5) is 20.1. The first-order valence-electron chi connectivity index (χ1n) is 9.92. The van der Waals surface area contributed by atoms with Crippen molar-refractivity contribution in [3.63, 3.8) is 0 Å². The Bertz CT molecular complexity index is 1210. The van der Waals surface area contributed by atoms with E-state index in [0.717, 1.165) is 29.3 Å². The SMILES string of the molecule is Nc1ncnc(Oc2ccc(NC(=O)c3cnn(C4CCCOC4)c3C(F)(F)F)cc2F)c1Cl. The van der Waals surface area contributed by atoms with Crippen LogP contribution in [0.4, 0.5) is 29.1 Å². The number of benzene rings is 1. The van der Waals surface area contributed by atoms with Crippen LogP contribution in [0.2, 0.25) is 5.02 Å². The van der Waals surface area contributed by atoms with Gasteiger partial charge in [-0.3, -0.25) is 9.48 Å². The number of hydrogen-bond donors (Lipinski definition) is 2. The second-order valence-corrected chi connectivity index (χ2v) is 7.68. The number of hydrogen-bond acceptors (Lipinski definition) is 7. The lowest BCUT2D eigenvalue weighted by atomic mass is 10.1. The van der Waals surface area contributed by atoms with Crippen LogP contribution in [0.15, 0.2) is 30.7 Å². The van der Waals surface area contributed by atoms with Crippen molar-refractivity contribution in [3.05, 3.63) is 52.8 Å². The number of nitrogens with one attached hydrogen (secondary N) is 1. The molecule has 180 valence electrons. The van der Waals surface area contributed by atoms with Crippen LogP contribution in [0.1, 0.15) is 34.9 Å². The van der Waals surface area contributed by atoms with Gasteiger partial charge in [0.05, 0.1) is 24.4 Å². The Labute approximate surface area is 194 Å². The zero-order valence-corrected chi connectivity index (χ0v) is 18.0. The van der Waals surface area contributed by atoms with Crippen molar-refractivity contribution < 1.29 is 31.8 Å². The summed E-state index contributed by atoms with van der Waals surface area (Å²) in [6.07, 6.45) is -1.93. The third kappa shape index (κ3) is 4.89. The van der Waals surface area contributed by atoms with Gasteiger partial charge in [0.15, 0.2) is 17.3 Å². The highest BCUT2D eigenvalue weighted by atomic mass is 35.5. The molecule has 4 rings (SSSR count).